The van der Waals surface area contributed by atoms with Gasteiger partial charge in [0.1, 0.15) is 4.92 Å². The van der Waals surface area contributed by atoms with Crippen LogP contribution < -0.4 is 0 Å². The molecule has 0 aliphatic rings. The van der Waals surface area contributed by atoms with Crippen LogP contribution in [-0.2, 0) is 0 Å². The van der Waals surface area contributed by atoms with Crippen molar-refractivity contribution in [2.45, 2.75) is 13.8 Å². The third-order valence-corrected chi connectivity index (χ3v) is 5.47. The predicted octanol–water partition coefficient (Wildman–Crippen LogP) is 5.80. The molecule has 9 nitrogen and oxygen atoms in total. The lowest BCUT2D eigenvalue weighted by atomic mass is 9.97. The average Bonchev–Trinajstić information content (AvgIpc) is 3.55. The van der Waals surface area contributed by atoms with Crippen molar-refractivity contribution in [3.05, 3.63) is 93.4 Å². The summed E-state index contributed by atoms with van der Waals surface area (Å²) in [5.41, 5.74) is 7.99. The molecule has 0 bridgehead atoms. The van der Waals surface area contributed by atoms with Crippen LogP contribution in [0.1, 0.15) is 22.5 Å². The molecule has 2 aromatic carbocycles. The summed E-state index contributed by atoms with van der Waals surface area (Å²) in [6, 6.07) is 17.3. The van der Waals surface area contributed by atoms with Gasteiger partial charge < -0.3 is 9.40 Å². The van der Waals surface area contributed by atoms with Crippen molar-refractivity contribution < 1.29 is 9.34 Å². The van der Waals surface area contributed by atoms with Crippen molar-refractivity contribution in [2.75, 3.05) is 0 Å². The van der Waals surface area contributed by atoms with Gasteiger partial charge in [0.2, 0.25) is 0 Å². The number of aromatic nitrogens is 3. The summed E-state index contributed by atoms with van der Waals surface area (Å²) in [4.78, 5) is 13.7. The van der Waals surface area contributed by atoms with E-state index in [0.717, 1.165) is 44.5 Å². The molecule has 0 atom stereocenters. The highest BCUT2D eigenvalue weighted by Crippen LogP contribution is 2.39. The summed E-state index contributed by atoms with van der Waals surface area (Å²) >= 11 is 0. The maximum atomic E-state index is 10.7. The van der Waals surface area contributed by atoms with Crippen LogP contribution >= 0.6 is 0 Å². The molecule has 0 saturated carbocycles. The highest BCUT2D eigenvalue weighted by Gasteiger charge is 2.19. The molecule has 0 amide bonds. The Morgan fingerprint density at radius 2 is 1.82 bits per heavy atom. The molecule has 2 N–H and O–H groups in total. The molecule has 0 radical (unpaired) electrons. The minimum atomic E-state index is -0.605. The SMILES string of the molecule is Cc1cc(C)c2[nH]c(-c3[nH]ncc3/C=N/N=C/c3ccc([N+](=O)[O-])o3)c(-c3ccccc3)c2c1. The molecule has 168 valence electrons. The number of hydrogen-bond donors (Lipinski definition) is 2. The maximum Gasteiger partial charge on any atom is 0.433 e. The smallest absolute Gasteiger partial charge is 0.400 e. The van der Waals surface area contributed by atoms with Crippen LogP contribution in [-0.4, -0.2) is 32.5 Å². The zero-order valence-electron chi connectivity index (χ0n) is 18.4. The minimum absolute atomic E-state index is 0.240. The fourth-order valence-corrected chi connectivity index (χ4v) is 4.03. The van der Waals surface area contributed by atoms with Gasteiger partial charge in [0.25, 0.3) is 0 Å². The Hall–Kier alpha value is -4.79. The van der Waals surface area contributed by atoms with Crippen molar-refractivity contribution in [3.8, 4) is 22.5 Å². The molecular weight excluding hydrogens is 432 g/mol. The molecular formula is C25H20N6O3. The molecule has 0 aliphatic heterocycles. The van der Waals surface area contributed by atoms with E-state index >= 15 is 0 Å². The fraction of sp³-hybridized carbons (Fsp3) is 0.0800. The molecule has 3 aromatic heterocycles. The Kier molecular flexibility index (Phi) is 5.35. The third-order valence-electron chi connectivity index (χ3n) is 5.47. The van der Waals surface area contributed by atoms with Crippen molar-refractivity contribution >= 4 is 29.2 Å². The van der Waals surface area contributed by atoms with Crippen LogP contribution in [0.25, 0.3) is 33.4 Å². The van der Waals surface area contributed by atoms with Crippen LogP contribution in [0.15, 0.2) is 75.4 Å². The van der Waals surface area contributed by atoms with Gasteiger partial charge in [0, 0.05) is 22.0 Å². The molecule has 9 heteroatoms. The Labute approximate surface area is 194 Å². The quantitative estimate of drug-likeness (QED) is 0.192. The first-order chi connectivity index (χ1) is 16.5. The lowest BCUT2D eigenvalue weighted by Crippen LogP contribution is -1.88. The number of aryl methyl sites for hydroxylation is 2. The van der Waals surface area contributed by atoms with Crippen molar-refractivity contribution in [1.29, 1.82) is 0 Å². The second-order valence-electron chi connectivity index (χ2n) is 7.87. The van der Waals surface area contributed by atoms with E-state index in [0.29, 0.717) is 0 Å². The van der Waals surface area contributed by atoms with E-state index < -0.39 is 4.92 Å². The Morgan fingerprint density at radius 1 is 1.03 bits per heavy atom. The molecule has 5 aromatic rings. The topological polar surface area (TPSA) is 125 Å². The molecule has 0 spiro atoms. The number of benzene rings is 2. The monoisotopic (exact) mass is 452 g/mol. The third kappa shape index (κ3) is 3.90. The number of nitro groups is 1. The van der Waals surface area contributed by atoms with Crippen molar-refractivity contribution in [2.24, 2.45) is 10.2 Å². The molecule has 0 fully saturated rings. The van der Waals surface area contributed by atoms with Gasteiger partial charge in [0.05, 0.1) is 36.1 Å². The molecule has 34 heavy (non-hydrogen) atoms. The fourth-order valence-electron chi connectivity index (χ4n) is 4.03. The largest absolute Gasteiger partial charge is 0.433 e. The number of aromatic amines is 2. The van der Waals surface area contributed by atoms with Gasteiger partial charge >= 0.3 is 5.88 Å². The van der Waals surface area contributed by atoms with Gasteiger partial charge in [-0.25, -0.2) is 0 Å². The number of nitrogens with zero attached hydrogens (tertiary/aromatic N) is 4. The molecule has 0 saturated heterocycles. The molecule has 5 rings (SSSR count). The van der Waals surface area contributed by atoms with Crippen LogP contribution in [0.3, 0.4) is 0 Å². The van der Waals surface area contributed by atoms with E-state index in [-0.39, 0.29) is 11.6 Å². The second kappa shape index (κ2) is 8.62. The van der Waals surface area contributed by atoms with Crippen LogP contribution in [0.5, 0.6) is 0 Å². The number of rotatable bonds is 6. The zero-order valence-corrected chi connectivity index (χ0v) is 18.4. The maximum absolute atomic E-state index is 10.7. The number of fused-ring (bicyclic) bond motifs is 1. The van der Waals surface area contributed by atoms with Crippen molar-refractivity contribution in [1.82, 2.24) is 15.2 Å². The van der Waals surface area contributed by atoms with Gasteiger partial charge in [0.15, 0.2) is 5.76 Å². The van der Waals surface area contributed by atoms with E-state index in [9.17, 15) is 10.1 Å². The average molecular weight is 452 g/mol. The lowest BCUT2D eigenvalue weighted by molar-refractivity contribution is -0.402. The van der Waals surface area contributed by atoms with Gasteiger partial charge in [-0.05, 0) is 37.1 Å². The van der Waals surface area contributed by atoms with Gasteiger partial charge in [-0.3, -0.25) is 15.2 Å². The molecule has 0 aliphatic carbocycles. The first-order valence-corrected chi connectivity index (χ1v) is 10.5. The summed E-state index contributed by atoms with van der Waals surface area (Å²) in [7, 11) is 0. The van der Waals surface area contributed by atoms with Crippen LogP contribution in [0.4, 0.5) is 5.88 Å². The number of furan rings is 1. The second-order valence-corrected chi connectivity index (χ2v) is 7.87. The summed E-state index contributed by atoms with van der Waals surface area (Å²) in [5, 5.41) is 27.2. The Morgan fingerprint density at radius 3 is 2.59 bits per heavy atom. The summed E-state index contributed by atoms with van der Waals surface area (Å²) in [5.74, 6) is -0.107. The van der Waals surface area contributed by atoms with E-state index in [1.54, 1.807) is 12.4 Å². The number of hydrogen-bond acceptors (Lipinski definition) is 6. The zero-order chi connectivity index (χ0) is 23.7. The Bertz CT molecular complexity index is 1560. The molecule has 0 unspecified atom stereocenters. The molecule has 3 heterocycles. The number of nitrogens with one attached hydrogen (secondary N) is 2. The van der Waals surface area contributed by atoms with E-state index in [1.807, 2.05) is 18.2 Å². The minimum Gasteiger partial charge on any atom is -0.400 e. The summed E-state index contributed by atoms with van der Waals surface area (Å²) in [6.07, 6.45) is 4.56. The first kappa shape index (κ1) is 21.1. The Balaban J connectivity index is 1.55. The van der Waals surface area contributed by atoms with Gasteiger partial charge in [-0.15, -0.1) is 0 Å². The van der Waals surface area contributed by atoms with Crippen molar-refractivity contribution in [3.63, 3.8) is 0 Å². The normalized spacial score (nSPS) is 11.8. The summed E-state index contributed by atoms with van der Waals surface area (Å²) in [6.45, 7) is 4.18. The van der Waals surface area contributed by atoms with E-state index in [2.05, 4.69) is 63.5 Å². The standard InChI is InChI=1S/C25H20N6O3/c1-15-10-16(2)23-20(11-15)22(17-6-4-3-5-7-17)25(29-23)24-18(13-28-30-24)12-26-27-14-19-8-9-21(34-19)31(32)33/h3-14,29H,1-2H3,(H,28,30)/b26-12+,27-14+. The highest BCUT2D eigenvalue weighted by molar-refractivity contribution is 6.06. The lowest BCUT2D eigenvalue weighted by Gasteiger charge is -2.05. The van der Waals surface area contributed by atoms with Gasteiger partial charge in [-0.2, -0.15) is 15.3 Å². The number of H-pyrrole nitrogens is 2. The van der Waals surface area contributed by atoms with Crippen LogP contribution in [0.2, 0.25) is 0 Å². The summed E-state index contributed by atoms with van der Waals surface area (Å²) < 4.78 is 5.05. The van der Waals surface area contributed by atoms with Crippen LogP contribution in [0, 0.1) is 24.0 Å². The van der Waals surface area contributed by atoms with E-state index in [1.165, 1.54) is 23.9 Å². The highest BCUT2D eigenvalue weighted by atomic mass is 16.6. The predicted molar refractivity (Wildman–Crippen MR) is 131 cm³/mol. The van der Waals surface area contributed by atoms with E-state index in [4.69, 9.17) is 4.42 Å². The first-order valence-electron chi connectivity index (χ1n) is 10.5. The van der Waals surface area contributed by atoms with Gasteiger partial charge in [-0.1, -0.05) is 42.0 Å².